The topological polar surface area (TPSA) is 53.4 Å². The van der Waals surface area contributed by atoms with Crippen LogP contribution in [0.15, 0.2) is 29.1 Å². The van der Waals surface area contributed by atoms with Gasteiger partial charge in [0.05, 0.1) is 0 Å². The molecule has 26 heavy (non-hydrogen) atoms. The van der Waals surface area contributed by atoms with E-state index in [1.807, 2.05) is 13.0 Å². The first-order chi connectivity index (χ1) is 12.4. The third-order valence-electron chi connectivity index (χ3n) is 5.24. The lowest BCUT2D eigenvalue weighted by Gasteiger charge is -2.16. The Bertz CT molecular complexity index is 1040. The van der Waals surface area contributed by atoms with E-state index in [4.69, 9.17) is 0 Å². The monoisotopic (exact) mass is 358 g/mol. The molecule has 0 bridgehead atoms. The van der Waals surface area contributed by atoms with Crippen molar-refractivity contribution in [2.75, 3.05) is 13.1 Å². The molecule has 0 saturated carbocycles. The summed E-state index contributed by atoms with van der Waals surface area (Å²) in [7, 11) is 0. The zero-order valence-corrected chi connectivity index (χ0v) is 14.7. The number of aromatic amines is 1. The summed E-state index contributed by atoms with van der Waals surface area (Å²) in [5.41, 5.74) is 3.20. The fourth-order valence-corrected chi connectivity index (χ4v) is 3.59. The lowest BCUT2D eigenvalue weighted by atomic mass is 10.1. The van der Waals surface area contributed by atoms with Gasteiger partial charge >= 0.3 is 0 Å². The van der Waals surface area contributed by atoms with Crippen molar-refractivity contribution in [2.24, 2.45) is 0 Å². The van der Waals surface area contributed by atoms with Gasteiger partial charge in [0.25, 0.3) is 5.56 Å². The van der Waals surface area contributed by atoms with E-state index >= 15 is 0 Å². The molecule has 5 nitrogen and oxygen atoms in total. The first-order valence-corrected chi connectivity index (χ1v) is 8.68. The number of aromatic nitrogens is 3. The Kier molecular flexibility index (Phi) is 4.11. The Morgan fingerprint density at radius 2 is 2.12 bits per heavy atom. The van der Waals surface area contributed by atoms with E-state index in [9.17, 15) is 13.6 Å². The summed E-state index contributed by atoms with van der Waals surface area (Å²) in [6.45, 7) is 5.47. The molecule has 0 spiro atoms. The summed E-state index contributed by atoms with van der Waals surface area (Å²) in [5.74, 6) is -1.39. The molecule has 3 heterocycles. The summed E-state index contributed by atoms with van der Waals surface area (Å²) in [6.07, 6.45) is 0.885. The molecule has 4 rings (SSSR count). The summed E-state index contributed by atoms with van der Waals surface area (Å²) >= 11 is 0. The number of halogens is 2. The largest absolute Gasteiger partial charge is 0.298 e. The number of benzene rings is 1. The maximum Gasteiger partial charge on any atom is 0.275 e. The molecular weight excluding hydrogens is 338 g/mol. The van der Waals surface area contributed by atoms with Gasteiger partial charge in [-0.05, 0) is 32.9 Å². The van der Waals surface area contributed by atoms with Crippen LogP contribution in [0.4, 0.5) is 8.78 Å². The molecule has 0 radical (unpaired) electrons. The molecular formula is C19H20F2N4O. The number of nitrogens with one attached hydrogen (secondary N) is 1. The lowest BCUT2D eigenvalue weighted by molar-refractivity contribution is 0.318. The average Bonchev–Trinajstić information content (AvgIpc) is 3.24. The number of aryl methyl sites for hydroxylation is 1. The number of hydrogen-bond donors (Lipinski definition) is 1. The van der Waals surface area contributed by atoms with Crippen molar-refractivity contribution in [2.45, 2.75) is 32.7 Å². The number of rotatable bonds is 3. The second-order valence-corrected chi connectivity index (χ2v) is 6.97. The molecule has 3 aromatic rings. The SMILES string of the molecule is Cc1nc2cc(C3CCN(Cc4cccc(F)c4F)C3)[nH]n2c(=O)c1C. The first kappa shape index (κ1) is 16.9. The Balaban J connectivity index is 1.55. The number of H-pyrrole nitrogens is 1. The molecule has 1 atom stereocenters. The standard InChI is InChI=1S/C19H20F2N4O/c1-11-12(2)22-17-8-16(23-25(17)19(11)26)13-6-7-24(9-13)10-14-4-3-5-15(20)18(14)21/h3-5,8,13,23H,6-7,9-10H2,1-2H3. The van der Waals surface area contributed by atoms with Gasteiger partial charge in [0.15, 0.2) is 17.3 Å². The molecule has 1 aliphatic rings. The van der Waals surface area contributed by atoms with E-state index < -0.39 is 11.6 Å². The van der Waals surface area contributed by atoms with E-state index in [0.717, 1.165) is 37.0 Å². The van der Waals surface area contributed by atoms with Crippen LogP contribution < -0.4 is 5.56 Å². The van der Waals surface area contributed by atoms with Crippen LogP contribution in [0, 0.1) is 25.5 Å². The zero-order valence-electron chi connectivity index (χ0n) is 14.7. The van der Waals surface area contributed by atoms with Crippen LogP contribution in [0.25, 0.3) is 5.65 Å². The van der Waals surface area contributed by atoms with Crippen LogP contribution in [0.3, 0.4) is 0 Å². The van der Waals surface area contributed by atoms with Crippen LogP contribution in [-0.2, 0) is 6.54 Å². The number of hydrogen-bond acceptors (Lipinski definition) is 3. The normalized spacial score (nSPS) is 18.1. The van der Waals surface area contributed by atoms with Gasteiger partial charge in [-0.15, -0.1) is 0 Å². The third kappa shape index (κ3) is 2.82. The second-order valence-electron chi connectivity index (χ2n) is 6.97. The van der Waals surface area contributed by atoms with E-state index in [1.165, 1.54) is 10.6 Å². The number of fused-ring (bicyclic) bond motifs is 1. The zero-order chi connectivity index (χ0) is 18.4. The smallest absolute Gasteiger partial charge is 0.275 e. The molecule has 1 saturated heterocycles. The molecule has 1 aromatic carbocycles. The van der Waals surface area contributed by atoms with Gasteiger partial charge in [-0.25, -0.2) is 18.3 Å². The Morgan fingerprint density at radius 3 is 2.92 bits per heavy atom. The highest BCUT2D eigenvalue weighted by molar-refractivity contribution is 5.42. The van der Waals surface area contributed by atoms with Crippen LogP contribution in [-0.4, -0.2) is 32.6 Å². The molecule has 136 valence electrons. The van der Waals surface area contributed by atoms with Gasteiger partial charge in [0.1, 0.15) is 0 Å². The van der Waals surface area contributed by atoms with Crippen molar-refractivity contribution in [3.05, 3.63) is 68.8 Å². The summed E-state index contributed by atoms with van der Waals surface area (Å²) < 4.78 is 28.7. The Labute approximate surface area is 149 Å². The summed E-state index contributed by atoms with van der Waals surface area (Å²) in [6, 6.07) is 6.18. The van der Waals surface area contributed by atoms with E-state index in [1.54, 1.807) is 13.0 Å². The fraction of sp³-hybridized carbons (Fsp3) is 0.368. The van der Waals surface area contributed by atoms with E-state index in [-0.39, 0.29) is 11.5 Å². The van der Waals surface area contributed by atoms with Gasteiger partial charge in [0, 0.05) is 47.6 Å². The molecule has 1 fully saturated rings. The number of likely N-dealkylation sites (tertiary alicyclic amines) is 1. The Morgan fingerprint density at radius 1 is 1.31 bits per heavy atom. The van der Waals surface area contributed by atoms with Crippen LogP contribution >= 0.6 is 0 Å². The van der Waals surface area contributed by atoms with Crippen molar-refractivity contribution in [3.63, 3.8) is 0 Å². The average molecular weight is 358 g/mol. The molecule has 1 N–H and O–H groups in total. The van der Waals surface area contributed by atoms with Crippen molar-refractivity contribution < 1.29 is 8.78 Å². The highest BCUT2D eigenvalue weighted by Crippen LogP contribution is 2.28. The third-order valence-corrected chi connectivity index (χ3v) is 5.24. The van der Waals surface area contributed by atoms with E-state index in [0.29, 0.717) is 23.3 Å². The minimum absolute atomic E-state index is 0.0876. The van der Waals surface area contributed by atoms with Gasteiger partial charge in [0.2, 0.25) is 0 Å². The minimum Gasteiger partial charge on any atom is -0.298 e. The van der Waals surface area contributed by atoms with Gasteiger partial charge in [-0.2, -0.15) is 0 Å². The van der Waals surface area contributed by atoms with E-state index in [2.05, 4.69) is 15.0 Å². The molecule has 1 aliphatic heterocycles. The molecule has 0 amide bonds. The highest BCUT2D eigenvalue weighted by atomic mass is 19.2. The quantitative estimate of drug-likeness (QED) is 0.783. The summed E-state index contributed by atoms with van der Waals surface area (Å²) in [4.78, 5) is 18.9. The summed E-state index contributed by atoms with van der Waals surface area (Å²) in [5, 5.41) is 3.16. The van der Waals surface area contributed by atoms with Crippen LogP contribution in [0.5, 0.6) is 0 Å². The van der Waals surface area contributed by atoms with Crippen LogP contribution in [0.2, 0.25) is 0 Å². The van der Waals surface area contributed by atoms with Crippen molar-refractivity contribution in [1.29, 1.82) is 0 Å². The van der Waals surface area contributed by atoms with Gasteiger partial charge in [-0.1, -0.05) is 12.1 Å². The predicted molar refractivity (Wildman–Crippen MR) is 94.3 cm³/mol. The van der Waals surface area contributed by atoms with Gasteiger partial charge < -0.3 is 0 Å². The highest BCUT2D eigenvalue weighted by Gasteiger charge is 2.26. The Hall–Kier alpha value is -2.54. The van der Waals surface area contributed by atoms with Crippen molar-refractivity contribution in [3.8, 4) is 0 Å². The lowest BCUT2D eigenvalue weighted by Crippen LogP contribution is -2.21. The maximum absolute atomic E-state index is 13.9. The molecule has 1 unspecified atom stereocenters. The minimum atomic E-state index is -0.815. The molecule has 7 heteroatoms. The first-order valence-electron chi connectivity index (χ1n) is 8.68. The second kappa shape index (κ2) is 6.32. The fourth-order valence-electron chi connectivity index (χ4n) is 3.59. The maximum atomic E-state index is 13.9. The van der Waals surface area contributed by atoms with Crippen molar-refractivity contribution >= 4 is 5.65 Å². The van der Waals surface area contributed by atoms with Crippen LogP contribution in [0.1, 0.15) is 34.9 Å². The number of nitrogens with zero attached hydrogens (tertiary/aromatic N) is 3. The predicted octanol–water partition coefficient (Wildman–Crippen LogP) is 2.91. The van der Waals surface area contributed by atoms with Gasteiger partial charge in [-0.3, -0.25) is 14.8 Å². The molecule has 0 aliphatic carbocycles. The van der Waals surface area contributed by atoms with Crippen molar-refractivity contribution in [1.82, 2.24) is 19.5 Å². The molecule has 2 aromatic heterocycles.